The van der Waals surface area contributed by atoms with Crippen LogP contribution in [-0.2, 0) is 11.2 Å². The molecule has 0 saturated carbocycles. The molecule has 3 heterocycles. The Morgan fingerprint density at radius 2 is 2.19 bits per heavy atom. The lowest BCUT2D eigenvalue weighted by molar-refractivity contribution is 0.0520. The highest BCUT2D eigenvalue weighted by molar-refractivity contribution is 7.09. The van der Waals surface area contributed by atoms with Crippen LogP contribution in [-0.4, -0.2) is 47.1 Å². The van der Waals surface area contributed by atoms with Gasteiger partial charge in [-0.15, -0.1) is 11.3 Å². The maximum absolute atomic E-state index is 11.8. The Hall–Kier alpha value is -2.69. The molecule has 1 aromatic carbocycles. The summed E-state index contributed by atoms with van der Waals surface area (Å²) < 4.78 is 5.04. The molecule has 0 unspecified atom stereocenters. The van der Waals surface area contributed by atoms with Gasteiger partial charge in [-0.2, -0.15) is 5.26 Å². The fourth-order valence-corrected chi connectivity index (χ4v) is 5.24. The van der Waals surface area contributed by atoms with E-state index < -0.39 is 0 Å². The second-order valence-electron chi connectivity index (χ2n) is 8.05. The average Bonchev–Trinajstić information content (AvgIpc) is 3.45. The largest absolute Gasteiger partial charge is 0.461 e. The van der Waals surface area contributed by atoms with Crippen LogP contribution in [0.4, 0.5) is 0 Å². The number of aryl methyl sites for hydroxylation is 1. The number of aromatic nitrogens is 2. The monoisotopic (exact) mass is 436 g/mol. The Balaban J connectivity index is 1.21. The number of nitriles is 1. The van der Waals surface area contributed by atoms with Gasteiger partial charge in [0.05, 0.1) is 23.2 Å². The number of H-pyrrole nitrogens is 1. The molecule has 0 aliphatic carbocycles. The van der Waals surface area contributed by atoms with Gasteiger partial charge >= 0.3 is 5.97 Å². The highest BCUT2D eigenvalue weighted by Gasteiger charge is 2.24. The highest BCUT2D eigenvalue weighted by Crippen LogP contribution is 2.30. The Morgan fingerprint density at radius 1 is 1.35 bits per heavy atom. The molecule has 1 aliphatic heterocycles. The molecule has 1 aliphatic rings. The number of unbranched alkanes of at least 4 members (excludes halogenated alkanes) is 1. The summed E-state index contributed by atoms with van der Waals surface area (Å²) in [5.74, 6) is 0.131. The van der Waals surface area contributed by atoms with Crippen molar-refractivity contribution < 1.29 is 9.53 Å². The SMILES string of the molecule is CCOC(=O)c1csc(C2CCN(CCCCc3c[nH]c4ccc(C#N)cc34)CC2)n1. The van der Waals surface area contributed by atoms with E-state index >= 15 is 0 Å². The zero-order chi connectivity index (χ0) is 21.6. The third-order valence-corrected chi connectivity index (χ3v) is 7.02. The van der Waals surface area contributed by atoms with E-state index in [2.05, 4.69) is 27.1 Å². The Kier molecular flexibility index (Phi) is 7.00. The normalized spacial score (nSPS) is 15.2. The van der Waals surface area contributed by atoms with Crippen molar-refractivity contribution >= 4 is 28.2 Å². The summed E-state index contributed by atoms with van der Waals surface area (Å²) in [5, 5.41) is 13.2. The smallest absolute Gasteiger partial charge is 0.357 e. The number of benzene rings is 1. The van der Waals surface area contributed by atoms with E-state index in [-0.39, 0.29) is 5.97 Å². The predicted molar refractivity (Wildman–Crippen MR) is 122 cm³/mol. The van der Waals surface area contributed by atoms with E-state index in [1.54, 1.807) is 11.3 Å². The summed E-state index contributed by atoms with van der Waals surface area (Å²) in [6.07, 6.45) is 7.60. The number of fused-ring (bicyclic) bond motifs is 1. The Morgan fingerprint density at radius 3 is 2.97 bits per heavy atom. The number of ether oxygens (including phenoxy) is 1. The molecule has 0 bridgehead atoms. The minimum atomic E-state index is -0.318. The molecular weight excluding hydrogens is 408 g/mol. The number of esters is 1. The van der Waals surface area contributed by atoms with Crippen LogP contribution in [0.3, 0.4) is 0 Å². The number of hydrogen-bond acceptors (Lipinski definition) is 6. The van der Waals surface area contributed by atoms with E-state index in [1.165, 1.54) is 17.4 Å². The summed E-state index contributed by atoms with van der Waals surface area (Å²) in [4.78, 5) is 22.2. The fraction of sp³-hybridized carbons (Fsp3) is 0.458. The zero-order valence-corrected chi connectivity index (χ0v) is 18.7. The lowest BCUT2D eigenvalue weighted by Crippen LogP contribution is -2.33. The van der Waals surface area contributed by atoms with Crippen molar-refractivity contribution in [1.29, 1.82) is 5.26 Å². The number of hydrogen-bond donors (Lipinski definition) is 1. The summed E-state index contributed by atoms with van der Waals surface area (Å²) in [5.41, 5.74) is 3.56. The minimum absolute atomic E-state index is 0.318. The Labute approximate surface area is 186 Å². The third-order valence-electron chi connectivity index (χ3n) is 6.01. The molecule has 31 heavy (non-hydrogen) atoms. The van der Waals surface area contributed by atoms with Crippen molar-refractivity contribution in [3.8, 4) is 6.07 Å². The quantitative estimate of drug-likeness (QED) is 0.402. The van der Waals surface area contributed by atoms with Crippen molar-refractivity contribution in [1.82, 2.24) is 14.9 Å². The number of aromatic amines is 1. The van der Waals surface area contributed by atoms with Gasteiger partial charge in [-0.25, -0.2) is 9.78 Å². The van der Waals surface area contributed by atoms with Gasteiger partial charge in [-0.3, -0.25) is 0 Å². The van der Waals surface area contributed by atoms with Crippen LogP contribution in [0, 0.1) is 11.3 Å². The van der Waals surface area contributed by atoms with Crippen molar-refractivity contribution in [2.75, 3.05) is 26.2 Å². The second kappa shape index (κ2) is 10.1. The van der Waals surface area contributed by atoms with Gasteiger partial charge in [-0.05, 0) is 82.4 Å². The first-order chi connectivity index (χ1) is 15.2. The van der Waals surface area contributed by atoms with E-state index in [9.17, 15) is 4.79 Å². The number of nitrogens with one attached hydrogen (secondary N) is 1. The molecule has 2 aromatic heterocycles. The second-order valence-corrected chi connectivity index (χ2v) is 8.94. The molecule has 0 spiro atoms. The third kappa shape index (κ3) is 5.15. The molecule has 0 radical (unpaired) electrons. The standard InChI is InChI=1S/C24H28N4O2S/c1-2-30-24(29)22-16-31-23(27-22)18-8-11-28(12-9-18)10-4-3-5-19-15-26-21-7-6-17(14-25)13-20(19)21/h6-7,13,15-16,18,26H,2-5,8-12H2,1H3. The van der Waals surface area contributed by atoms with Gasteiger partial charge in [0.1, 0.15) is 0 Å². The lowest BCUT2D eigenvalue weighted by Gasteiger charge is -2.31. The number of likely N-dealkylation sites (tertiary alicyclic amines) is 1. The number of piperidine rings is 1. The van der Waals surface area contributed by atoms with Crippen molar-refractivity contribution in [3.05, 3.63) is 51.6 Å². The first-order valence-electron chi connectivity index (χ1n) is 11.0. The first kappa shape index (κ1) is 21.5. The van der Waals surface area contributed by atoms with Crippen molar-refractivity contribution in [2.24, 2.45) is 0 Å². The van der Waals surface area contributed by atoms with Crippen LogP contribution < -0.4 is 0 Å². The molecule has 3 aromatic rings. The number of nitrogens with zero attached hydrogens (tertiary/aromatic N) is 3. The van der Waals surface area contributed by atoms with E-state index in [4.69, 9.17) is 10.00 Å². The van der Waals surface area contributed by atoms with Gasteiger partial charge < -0.3 is 14.6 Å². The summed E-state index contributed by atoms with van der Waals surface area (Å²) in [6.45, 7) is 5.47. The van der Waals surface area contributed by atoms with Crippen molar-refractivity contribution in [2.45, 2.75) is 44.9 Å². The van der Waals surface area contributed by atoms with Crippen LogP contribution in [0.1, 0.15) is 65.1 Å². The van der Waals surface area contributed by atoms with Gasteiger partial charge in [0.25, 0.3) is 0 Å². The van der Waals surface area contributed by atoms with Crippen molar-refractivity contribution in [3.63, 3.8) is 0 Å². The Bertz CT molecular complexity index is 1070. The van der Waals surface area contributed by atoms with E-state index in [0.29, 0.717) is 23.8 Å². The van der Waals surface area contributed by atoms with Gasteiger partial charge in [0, 0.05) is 28.4 Å². The van der Waals surface area contributed by atoms with Crippen LogP contribution in [0.2, 0.25) is 0 Å². The highest BCUT2D eigenvalue weighted by atomic mass is 32.1. The maximum atomic E-state index is 11.8. The lowest BCUT2D eigenvalue weighted by atomic mass is 9.97. The molecule has 6 nitrogen and oxygen atoms in total. The summed E-state index contributed by atoms with van der Waals surface area (Å²) >= 11 is 1.58. The predicted octanol–water partition coefficient (Wildman–Crippen LogP) is 4.88. The number of carbonyl (C=O) groups excluding carboxylic acids is 1. The zero-order valence-electron chi connectivity index (χ0n) is 17.9. The van der Waals surface area contributed by atoms with Gasteiger partial charge in [0.15, 0.2) is 5.69 Å². The molecule has 1 saturated heterocycles. The van der Waals surface area contributed by atoms with Crippen LogP contribution in [0.15, 0.2) is 29.8 Å². The molecule has 1 N–H and O–H groups in total. The molecule has 4 rings (SSSR count). The first-order valence-corrected chi connectivity index (χ1v) is 11.9. The molecule has 0 amide bonds. The summed E-state index contributed by atoms with van der Waals surface area (Å²) in [6, 6.07) is 8.05. The van der Waals surface area contributed by atoms with Crippen LogP contribution in [0.25, 0.3) is 10.9 Å². The summed E-state index contributed by atoms with van der Waals surface area (Å²) in [7, 11) is 0. The molecule has 1 fully saturated rings. The minimum Gasteiger partial charge on any atom is -0.461 e. The van der Waals surface area contributed by atoms with Crippen LogP contribution in [0.5, 0.6) is 0 Å². The van der Waals surface area contributed by atoms with Crippen LogP contribution >= 0.6 is 11.3 Å². The molecule has 162 valence electrons. The molecule has 7 heteroatoms. The van der Waals surface area contributed by atoms with Gasteiger partial charge in [-0.1, -0.05) is 0 Å². The van der Waals surface area contributed by atoms with E-state index in [1.807, 2.05) is 30.5 Å². The number of thiazole rings is 1. The fourth-order valence-electron chi connectivity index (χ4n) is 4.28. The average molecular weight is 437 g/mol. The van der Waals surface area contributed by atoms with Gasteiger partial charge in [0.2, 0.25) is 0 Å². The topological polar surface area (TPSA) is 82.0 Å². The van der Waals surface area contributed by atoms with E-state index in [0.717, 1.165) is 55.8 Å². The molecule has 0 atom stereocenters. The number of carbonyl (C=O) groups is 1. The maximum Gasteiger partial charge on any atom is 0.357 e. The molecular formula is C24H28N4O2S. The number of rotatable bonds is 8.